The molecule has 0 saturated carbocycles. The fourth-order valence-electron chi connectivity index (χ4n) is 2.61. The summed E-state index contributed by atoms with van der Waals surface area (Å²) < 4.78 is 6.89. The summed E-state index contributed by atoms with van der Waals surface area (Å²) in [5.74, 6) is 1.77. The minimum Gasteiger partial charge on any atom is -0.497 e. The van der Waals surface area contributed by atoms with E-state index >= 15 is 0 Å². The van der Waals surface area contributed by atoms with Gasteiger partial charge in [-0.3, -0.25) is 0 Å². The van der Waals surface area contributed by atoms with Crippen LogP contribution in [-0.2, 0) is 13.0 Å². The number of hydrogen-bond acceptors (Lipinski definition) is 5. The van der Waals surface area contributed by atoms with Crippen molar-refractivity contribution in [2.45, 2.75) is 19.1 Å². The lowest BCUT2D eigenvalue weighted by molar-refractivity contribution is 0.209. The van der Waals surface area contributed by atoms with E-state index in [0.29, 0.717) is 24.6 Å². The number of aliphatic hydroxyl groups excluding tert-OH is 2. The first kappa shape index (κ1) is 17.1. The van der Waals surface area contributed by atoms with Gasteiger partial charge in [0.25, 0.3) is 0 Å². The lowest BCUT2D eigenvalue weighted by Crippen LogP contribution is -2.09. The van der Waals surface area contributed by atoms with E-state index in [1.165, 1.54) is 0 Å². The maximum absolute atomic E-state index is 10.5. The third-order valence-corrected chi connectivity index (χ3v) is 3.95. The van der Waals surface area contributed by atoms with Crippen LogP contribution in [0, 0.1) is 0 Å². The maximum Gasteiger partial charge on any atom is 0.183 e. The molecule has 0 aliphatic carbocycles. The number of rotatable bonds is 7. The number of hydrogen-bond donors (Lipinski definition) is 2. The predicted molar refractivity (Wildman–Crippen MR) is 93.4 cm³/mol. The Bertz CT molecular complexity index is 801. The van der Waals surface area contributed by atoms with Gasteiger partial charge in [0, 0.05) is 6.42 Å². The molecule has 2 N–H and O–H groups in total. The topological polar surface area (TPSA) is 80.4 Å². The van der Waals surface area contributed by atoms with Crippen LogP contribution in [0.5, 0.6) is 5.75 Å². The van der Waals surface area contributed by atoms with Crippen LogP contribution in [0.2, 0.25) is 0 Å². The largest absolute Gasteiger partial charge is 0.497 e. The molecule has 1 atom stereocenters. The highest BCUT2D eigenvalue weighted by Gasteiger charge is 2.18. The highest BCUT2D eigenvalue weighted by Crippen LogP contribution is 2.20. The van der Waals surface area contributed by atoms with Crippen LogP contribution in [0.1, 0.15) is 28.9 Å². The summed E-state index contributed by atoms with van der Waals surface area (Å²) in [6.07, 6.45) is -0.513. The van der Waals surface area contributed by atoms with E-state index < -0.39 is 6.10 Å². The second-order valence-corrected chi connectivity index (χ2v) is 5.68. The van der Waals surface area contributed by atoms with Crippen LogP contribution in [-0.4, -0.2) is 38.7 Å². The van der Waals surface area contributed by atoms with Crippen LogP contribution < -0.4 is 4.74 Å². The number of nitrogens with zero attached hydrogens (tertiary/aromatic N) is 3. The summed E-state index contributed by atoms with van der Waals surface area (Å²) in [6.45, 7) is 0.482. The molecule has 25 heavy (non-hydrogen) atoms. The van der Waals surface area contributed by atoms with Crippen molar-refractivity contribution >= 4 is 0 Å². The van der Waals surface area contributed by atoms with Crippen molar-refractivity contribution in [2.75, 3.05) is 13.7 Å². The highest BCUT2D eigenvalue weighted by atomic mass is 16.5. The molecular formula is C19H21N3O3. The summed E-state index contributed by atoms with van der Waals surface area (Å²) in [7, 11) is 1.63. The molecule has 0 bridgehead atoms. The van der Waals surface area contributed by atoms with Gasteiger partial charge in [-0.2, -0.15) is 5.10 Å². The van der Waals surface area contributed by atoms with Crippen molar-refractivity contribution in [3.63, 3.8) is 0 Å². The zero-order valence-corrected chi connectivity index (χ0v) is 14.0. The van der Waals surface area contributed by atoms with Gasteiger partial charge >= 0.3 is 0 Å². The van der Waals surface area contributed by atoms with Gasteiger partial charge in [0.2, 0.25) is 0 Å². The lowest BCUT2D eigenvalue weighted by atomic mass is 10.1. The molecule has 0 fully saturated rings. The third-order valence-electron chi connectivity index (χ3n) is 3.95. The van der Waals surface area contributed by atoms with Gasteiger partial charge < -0.3 is 14.9 Å². The fraction of sp³-hybridized carbons (Fsp3) is 0.263. The molecule has 6 nitrogen and oxygen atoms in total. The fourth-order valence-corrected chi connectivity index (χ4v) is 2.61. The van der Waals surface area contributed by atoms with Crippen molar-refractivity contribution in [3.8, 4) is 5.75 Å². The Morgan fingerprint density at radius 3 is 2.44 bits per heavy atom. The number of methoxy groups -OCH3 is 1. The standard InChI is InChI=1S/C19H21N3O3/c1-25-16-9-7-14(8-10-16)13-22-17(11-12-23)20-19(21-22)18(24)15-5-3-2-4-6-15/h2-10,18,23-24H,11-13H2,1H3. The monoisotopic (exact) mass is 339 g/mol. The van der Waals surface area contributed by atoms with E-state index in [-0.39, 0.29) is 6.61 Å². The highest BCUT2D eigenvalue weighted by molar-refractivity contribution is 5.27. The van der Waals surface area contributed by atoms with E-state index in [2.05, 4.69) is 10.1 Å². The Balaban J connectivity index is 1.86. The zero-order chi connectivity index (χ0) is 17.6. The second-order valence-electron chi connectivity index (χ2n) is 5.68. The summed E-state index contributed by atoms with van der Waals surface area (Å²) in [4.78, 5) is 4.42. The average molecular weight is 339 g/mol. The molecule has 0 amide bonds. The summed E-state index contributed by atoms with van der Waals surface area (Å²) in [5, 5.41) is 24.3. The molecule has 3 rings (SSSR count). The number of benzene rings is 2. The molecule has 0 radical (unpaired) electrons. The van der Waals surface area contributed by atoms with Gasteiger partial charge in [0.05, 0.1) is 20.3 Å². The van der Waals surface area contributed by atoms with E-state index in [1.54, 1.807) is 11.8 Å². The zero-order valence-electron chi connectivity index (χ0n) is 14.0. The number of aromatic nitrogens is 3. The maximum atomic E-state index is 10.5. The average Bonchev–Trinajstić information content (AvgIpc) is 3.05. The Morgan fingerprint density at radius 1 is 1.08 bits per heavy atom. The van der Waals surface area contributed by atoms with E-state index in [9.17, 15) is 10.2 Å². The van der Waals surface area contributed by atoms with Crippen molar-refractivity contribution < 1.29 is 14.9 Å². The van der Waals surface area contributed by atoms with E-state index in [4.69, 9.17) is 4.74 Å². The lowest BCUT2D eigenvalue weighted by Gasteiger charge is -2.07. The van der Waals surface area contributed by atoms with E-state index in [1.807, 2.05) is 54.6 Å². The minimum atomic E-state index is -0.893. The molecular weight excluding hydrogens is 318 g/mol. The summed E-state index contributed by atoms with van der Waals surface area (Å²) >= 11 is 0. The first-order valence-electron chi connectivity index (χ1n) is 8.11. The first-order valence-corrected chi connectivity index (χ1v) is 8.11. The van der Waals surface area contributed by atoms with Gasteiger partial charge in [0.1, 0.15) is 17.7 Å². The number of ether oxygens (including phenoxy) is 1. The van der Waals surface area contributed by atoms with Crippen molar-refractivity contribution in [2.24, 2.45) is 0 Å². The Kier molecular flexibility index (Phi) is 5.42. The Labute approximate surface area is 146 Å². The Hall–Kier alpha value is -2.70. The second kappa shape index (κ2) is 7.92. The normalized spacial score (nSPS) is 12.1. The molecule has 3 aromatic rings. The van der Waals surface area contributed by atoms with Gasteiger partial charge in [0.15, 0.2) is 5.82 Å². The van der Waals surface area contributed by atoms with E-state index in [0.717, 1.165) is 16.9 Å². The molecule has 1 aromatic heterocycles. The smallest absolute Gasteiger partial charge is 0.183 e. The SMILES string of the molecule is COc1ccc(Cn2nc(C(O)c3ccccc3)nc2CCO)cc1. The van der Waals surface area contributed by atoms with Gasteiger partial charge in [-0.05, 0) is 23.3 Å². The first-order chi connectivity index (χ1) is 12.2. The Morgan fingerprint density at radius 2 is 1.80 bits per heavy atom. The van der Waals surface area contributed by atoms with Crippen LogP contribution >= 0.6 is 0 Å². The molecule has 0 aliphatic heterocycles. The van der Waals surface area contributed by atoms with Gasteiger partial charge in [-0.15, -0.1) is 0 Å². The molecule has 2 aromatic carbocycles. The number of aliphatic hydroxyl groups is 2. The molecule has 6 heteroatoms. The summed E-state index contributed by atoms with van der Waals surface area (Å²) in [6, 6.07) is 17.0. The summed E-state index contributed by atoms with van der Waals surface area (Å²) in [5.41, 5.74) is 1.77. The molecule has 0 saturated heterocycles. The van der Waals surface area contributed by atoms with Crippen LogP contribution in [0.3, 0.4) is 0 Å². The predicted octanol–water partition coefficient (Wildman–Crippen LogP) is 1.95. The van der Waals surface area contributed by atoms with Crippen LogP contribution in [0.25, 0.3) is 0 Å². The molecule has 0 spiro atoms. The van der Waals surface area contributed by atoms with Crippen molar-refractivity contribution in [1.82, 2.24) is 14.8 Å². The minimum absolute atomic E-state index is 0.0256. The van der Waals surface area contributed by atoms with Crippen LogP contribution in [0.15, 0.2) is 54.6 Å². The van der Waals surface area contributed by atoms with Crippen LogP contribution in [0.4, 0.5) is 0 Å². The van der Waals surface area contributed by atoms with Gasteiger partial charge in [-0.1, -0.05) is 42.5 Å². The van der Waals surface area contributed by atoms with Crippen molar-refractivity contribution in [3.05, 3.63) is 77.4 Å². The molecule has 1 heterocycles. The molecule has 130 valence electrons. The molecule has 0 aliphatic rings. The quantitative estimate of drug-likeness (QED) is 0.688. The van der Waals surface area contributed by atoms with Crippen molar-refractivity contribution in [1.29, 1.82) is 0 Å². The molecule has 1 unspecified atom stereocenters. The van der Waals surface area contributed by atoms with Gasteiger partial charge in [-0.25, -0.2) is 9.67 Å². The third kappa shape index (κ3) is 4.04.